The first kappa shape index (κ1) is 16.2. The molecule has 2 heterocycles. The maximum absolute atomic E-state index is 12.3. The highest BCUT2D eigenvalue weighted by Crippen LogP contribution is 2.49. The number of fused-ring (bicyclic) bond motifs is 1. The average Bonchev–Trinajstić information content (AvgIpc) is 2.96. The topological polar surface area (TPSA) is 70.1 Å². The minimum atomic E-state index is -1.04. The number of anilines is 1. The lowest BCUT2D eigenvalue weighted by atomic mass is 10.3. The number of hydrogen-bond donors (Lipinski definition) is 1. The van der Waals surface area contributed by atoms with Gasteiger partial charge in [0.25, 0.3) is 0 Å². The Hall–Kier alpha value is -1.71. The lowest BCUT2D eigenvalue weighted by molar-refractivity contribution is -0.137. The highest BCUT2D eigenvalue weighted by molar-refractivity contribution is 8.33. The number of ether oxygens (including phenoxy) is 1. The molecule has 1 N–H and O–H groups in total. The van der Waals surface area contributed by atoms with E-state index < -0.39 is 5.97 Å². The lowest BCUT2D eigenvalue weighted by Crippen LogP contribution is -2.31. The second kappa shape index (κ2) is 6.06. The molecule has 0 saturated carbocycles. The summed E-state index contributed by atoms with van der Waals surface area (Å²) in [6.45, 7) is -0.329. The predicted octanol–water partition coefficient (Wildman–Crippen LogP) is 2.35. The molecular formula is C14H12N2O4S3. The number of carbonyl (C=O) groups is 2. The summed E-state index contributed by atoms with van der Waals surface area (Å²) in [5.41, 5.74) is 1.23. The maximum Gasteiger partial charge on any atom is 0.323 e. The van der Waals surface area contributed by atoms with Gasteiger partial charge in [-0.2, -0.15) is 0 Å². The van der Waals surface area contributed by atoms with E-state index in [9.17, 15) is 9.59 Å². The van der Waals surface area contributed by atoms with Crippen LogP contribution in [0.3, 0.4) is 0 Å². The van der Waals surface area contributed by atoms with Crippen LogP contribution in [0.4, 0.5) is 5.69 Å². The molecule has 1 fully saturated rings. The van der Waals surface area contributed by atoms with E-state index in [0.29, 0.717) is 16.5 Å². The summed E-state index contributed by atoms with van der Waals surface area (Å²) < 4.78 is 5.49. The highest BCUT2D eigenvalue weighted by Gasteiger charge is 2.39. The van der Waals surface area contributed by atoms with E-state index in [0.717, 1.165) is 22.3 Å². The van der Waals surface area contributed by atoms with Crippen molar-refractivity contribution < 1.29 is 19.4 Å². The summed E-state index contributed by atoms with van der Waals surface area (Å²) in [7, 11) is 3.42. The summed E-state index contributed by atoms with van der Waals surface area (Å²) in [5.74, 6) is -0.321. The van der Waals surface area contributed by atoms with Crippen LogP contribution in [0.25, 0.3) is 0 Å². The second-order valence-electron chi connectivity index (χ2n) is 4.78. The number of carbonyl (C=O) groups excluding carboxylic acids is 1. The zero-order valence-electron chi connectivity index (χ0n) is 12.2. The van der Waals surface area contributed by atoms with E-state index in [4.69, 9.17) is 22.1 Å². The van der Waals surface area contributed by atoms with Crippen molar-refractivity contribution in [1.82, 2.24) is 4.90 Å². The second-order valence-corrected chi connectivity index (χ2v) is 7.42. The van der Waals surface area contributed by atoms with E-state index in [-0.39, 0.29) is 16.0 Å². The molecule has 23 heavy (non-hydrogen) atoms. The third-order valence-corrected chi connectivity index (χ3v) is 5.87. The van der Waals surface area contributed by atoms with Crippen LogP contribution in [0, 0.1) is 0 Å². The van der Waals surface area contributed by atoms with Gasteiger partial charge in [0.05, 0.1) is 12.8 Å². The number of nitrogens with zero attached hydrogens (tertiary/aromatic N) is 2. The van der Waals surface area contributed by atoms with Gasteiger partial charge in [-0.15, -0.1) is 0 Å². The van der Waals surface area contributed by atoms with Crippen molar-refractivity contribution in [3.63, 3.8) is 0 Å². The molecular weight excluding hydrogens is 356 g/mol. The molecule has 1 aromatic carbocycles. The van der Waals surface area contributed by atoms with Gasteiger partial charge in [0.2, 0.25) is 5.12 Å². The Morgan fingerprint density at radius 3 is 2.78 bits per heavy atom. The molecule has 1 saturated heterocycles. The van der Waals surface area contributed by atoms with E-state index >= 15 is 0 Å². The monoisotopic (exact) mass is 368 g/mol. The van der Waals surface area contributed by atoms with Crippen LogP contribution in [-0.2, 0) is 9.59 Å². The number of rotatable bonds is 3. The zero-order valence-corrected chi connectivity index (χ0v) is 14.7. The number of carboxylic acid groups (broad SMARTS) is 1. The Balaban J connectivity index is 2.05. The van der Waals surface area contributed by atoms with Crippen molar-refractivity contribution in [3.8, 4) is 5.75 Å². The first-order chi connectivity index (χ1) is 10.9. The first-order valence-corrected chi connectivity index (χ1v) is 8.56. The molecule has 0 aliphatic carbocycles. The van der Waals surface area contributed by atoms with Crippen LogP contribution in [0.15, 0.2) is 33.8 Å². The van der Waals surface area contributed by atoms with Gasteiger partial charge in [0.15, 0.2) is 0 Å². The van der Waals surface area contributed by atoms with Crippen molar-refractivity contribution in [2.75, 3.05) is 25.6 Å². The fourth-order valence-electron chi connectivity index (χ4n) is 2.33. The number of hydrogen-bond acceptors (Lipinski definition) is 7. The van der Waals surface area contributed by atoms with Crippen LogP contribution in [0.2, 0.25) is 0 Å². The third kappa shape index (κ3) is 2.79. The molecule has 0 unspecified atom stereocenters. The van der Waals surface area contributed by atoms with Crippen molar-refractivity contribution in [3.05, 3.63) is 28.9 Å². The smallest absolute Gasteiger partial charge is 0.323 e. The molecule has 2 aliphatic rings. The van der Waals surface area contributed by atoms with Gasteiger partial charge in [-0.25, -0.2) is 0 Å². The summed E-state index contributed by atoms with van der Waals surface area (Å²) in [6, 6.07) is 5.63. The number of methoxy groups -OCH3 is 1. The maximum atomic E-state index is 12.3. The molecule has 0 amide bonds. The largest absolute Gasteiger partial charge is 0.497 e. The van der Waals surface area contributed by atoms with Crippen LogP contribution in [-0.4, -0.2) is 46.1 Å². The minimum Gasteiger partial charge on any atom is -0.497 e. The SMILES string of the molecule is COc1ccc2c(c1)N(C)/C(=C1\C(=O)SC(=S)N1CC(=O)O)S2. The van der Waals surface area contributed by atoms with Crippen LogP contribution in [0.5, 0.6) is 5.75 Å². The zero-order chi connectivity index (χ0) is 16.7. The molecule has 3 rings (SSSR count). The Morgan fingerprint density at radius 2 is 2.13 bits per heavy atom. The quantitative estimate of drug-likeness (QED) is 0.639. The molecule has 9 heteroatoms. The summed E-state index contributed by atoms with van der Waals surface area (Å²) in [6.07, 6.45) is 0. The van der Waals surface area contributed by atoms with Gasteiger partial charge >= 0.3 is 5.97 Å². The number of carboxylic acids is 1. The molecule has 1 aromatic rings. The molecule has 0 spiro atoms. The van der Waals surface area contributed by atoms with Gasteiger partial charge in [-0.05, 0) is 23.9 Å². The summed E-state index contributed by atoms with van der Waals surface area (Å²) in [4.78, 5) is 27.6. The Kier molecular flexibility index (Phi) is 4.26. The molecule has 0 atom stereocenters. The first-order valence-electron chi connectivity index (χ1n) is 6.51. The predicted molar refractivity (Wildman–Crippen MR) is 93.8 cm³/mol. The van der Waals surface area contributed by atoms with Crippen LogP contribution in [0.1, 0.15) is 0 Å². The molecule has 120 valence electrons. The van der Waals surface area contributed by atoms with Gasteiger partial charge in [-0.3, -0.25) is 9.59 Å². The Labute approximate surface area is 146 Å². The Morgan fingerprint density at radius 1 is 1.39 bits per heavy atom. The lowest BCUT2D eigenvalue weighted by Gasteiger charge is -2.21. The van der Waals surface area contributed by atoms with E-state index in [2.05, 4.69) is 0 Å². The highest BCUT2D eigenvalue weighted by atomic mass is 32.2. The fourth-order valence-corrected chi connectivity index (χ4v) is 4.68. The number of thioether (sulfide) groups is 2. The number of aliphatic carboxylic acids is 1. The molecule has 0 radical (unpaired) electrons. The molecule has 6 nitrogen and oxygen atoms in total. The van der Waals surface area contributed by atoms with Gasteiger partial charge < -0.3 is 19.6 Å². The normalized spacial score (nSPS) is 20.3. The minimum absolute atomic E-state index is 0.231. The van der Waals surface area contributed by atoms with Crippen molar-refractivity contribution in [2.24, 2.45) is 0 Å². The van der Waals surface area contributed by atoms with Gasteiger partial charge in [0, 0.05) is 18.0 Å². The number of thiocarbonyl (C=S) groups is 1. The summed E-state index contributed by atoms with van der Waals surface area (Å²) >= 11 is 7.44. The fraction of sp³-hybridized carbons (Fsp3) is 0.214. The standard InChI is InChI=1S/C14H12N2O4S3/c1-15-8-5-7(20-2)3-4-9(8)22-12(15)11-13(19)23-14(21)16(11)6-10(17)18/h3-5H,6H2,1-2H3,(H,17,18)/b12-11-. The van der Waals surface area contributed by atoms with E-state index in [1.54, 1.807) is 7.11 Å². The Bertz CT molecular complexity index is 762. The van der Waals surface area contributed by atoms with Crippen molar-refractivity contribution in [2.45, 2.75) is 4.90 Å². The molecule has 2 aliphatic heterocycles. The summed E-state index contributed by atoms with van der Waals surface area (Å²) in [5, 5.41) is 9.51. The van der Waals surface area contributed by atoms with E-state index in [1.807, 2.05) is 30.1 Å². The van der Waals surface area contributed by atoms with Gasteiger partial charge in [0.1, 0.15) is 27.3 Å². The molecule has 0 aromatic heterocycles. The average molecular weight is 368 g/mol. The van der Waals surface area contributed by atoms with Crippen molar-refractivity contribution >= 4 is 56.8 Å². The van der Waals surface area contributed by atoms with Crippen molar-refractivity contribution in [1.29, 1.82) is 0 Å². The van der Waals surface area contributed by atoms with Gasteiger partial charge in [-0.1, -0.05) is 24.0 Å². The van der Waals surface area contributed by atoms with E-state index in [1.165, 1.54) is 16.7 Å². The third-order valence-electron chi connectivity index (χ3n) is 3.40. The van der Waals surface area contributed by atoms with Crippen LogP contribution < -0.4 is 9.64 Å². The van der Waals surface area contributed by atoms with Crippen LogP contribution >= 0.6 is 35.7 Å². The number of benzene rings is 1. The molecule has 0 bridgehead atoms.